The number of urea groups is 1. The van der Waals surface area contributed by atoms with E-state index >= 15 is 0 Å². The van der Waals surface area contributed by atoms with Gasteiger partial charge in [-0.15, -0.1) is 0 Å². The molecule has 0 aliphatic carbocycles. The van der Waals surface area contributed by atoms with E-state index in [1.54, 1.807) is 18.2 Å². The van der Waals surface area contributed by atoms with E-state index in [2.05, 4.69) is 0 Å². The van der Waals surface area contributed by atoms with Crippen molar-refractivity contribution in [3.8, 4) is 0 Å². The summed E-state index contributed by atoms with van der Waals surface area (Å²) in [5, 5.41) is 1.91. The smallest absolute Gasteiger partial charge is 0.368 e. The van der Waals surface area contributed by atoms with Crippen LogP contribution in [0.3, 0.4) is 0 Å². The fourth-order valence-electron chi connectivity index (χ4n) is 2.09. The molecule has 1 heterocycles. The van der Waals surface area contributed by atoms with Gasteiger partial charge in [-0.25, -0.2) is 4.79 Å². The van der Waals surface area contributed by atoms with Gasteiger partial charge in [-0.05, 0) is 18.2 Å². The predicted octanol–water partition coefficient (Wildman–Crippen LogP) is 2.26. The van der Waals surface area contributed by atoms with Gasteiger partial charge in [0, 0.05) is 36.9 Å². The van der Waals surface area contributed by atoms with Crippen LogP contribution in [0.1, 0.15) is 0 Å². The Kier molecular flexibility index (Phi) is 4.80. The van der Waals surface area contributed by atoms with E-state index in [1.165, 1.54) is 10.2 Å². The van der Waals surface area contributed by atoms with E-state index in [-0.39, 0.29) is 13.1 Å². The van der Waals surface area contributed by atoms with Crippen LogP contribution in [0, 0.1) is 0 Å². The van der Waals surface area contributed by atoms with Crippen molar-refractivity contribution in [1.29, 1.82) is 0 Å². The number of benzene rings is 1. The molecule has 0 spiro atoms. The Balaban J connectivity index is 1.89. The molecule has 9 heteroatoms. The molecular formula is C13H13ClF3N3O2. The maximum Gasteiger partial charge on any atom is 0.471 e. The van der Waals surface area contributed by atoms with Gasteiger partial charge in [0.25, 0.3) is 0 Å². The van der Waals surface area contributed by atoms with E-state index < -0.39 is 18.1 Å². The number of imide groups is 1. The molecule has 22 heavy (non-hydrogen) atoms. The summed E-state index contributed by atoms with van der Waals surface area (Å²) in [5.74, 6) is -2.25. The molecule has 0 saturated carbocycles. The van der Waals surface area contributed by atoms with E-state index in [0.717, 1.165) is 5.69 Å². The molecule has 1 aromatic carbocycles. The van der Waals surface area contributed by atoms with Crippen LogP contribution in [0.25, 0.3) is 0 Å². The number of piperazine rings is 1. The van der Waals surface area contributed by atoms with Crippen LogP contribution in [-0.2, 0) is 4.79 Å². The first kappa shape index (κ1) is 16.4. The van der Waals surface area contributed by atoms with E-state index in [9.17, 15) is 22.8 Å². The second-order valence-electron chi connectivity index (χ2n) is 4.71. The lowest BCUT2D eigenvalue weighted by atomic mass is 10.2. The molecular weight excluding hydrogens is 323 g/mol. The zero-order valence-corrected chi connectivity index (χ0v) is 12.1. The number of alkyl halides is 3. The summed E-state index contributed by atoms with van der Waals surface area (Å²) in [4.78, 5) is 25.5. The Morgan fingerprint density at radius 1 is 1.14 bits per heavy atom. The predicted molar refractivity (Wildman–Crippen MR) is 74.8 cm³/mol. The molecule has 1 aromatic rings. The average molecular weight is 336 g/mol. The summed E-state index contributed by atoms with van der Waals surface area (Å²) in [6.45, 7) is 1.30. The number of anilines is 1. The van der Waals surface area contributed by atoms with E-state index in [4.69, 9.17) is 11.6 Å². The molecule has 2 rings (SSSR count). The summed E-state index contributed by atoms with van der Waals surface area (Å²) >= 11 is 5.90. The number of rotatable bonds is 1. The van der Waals surface area contributed by atoms with Crippen molar-refractivity contribution in [2.24, 2.45) is 0 Å². The van der Waals surface area contributed by atoms with Gasteiger partial charge >= 0.3 is 18.1 Å². The summed E-state index contributed by atoms with van der Waals surface area (Å²) in [6.07, 6.45) is -5.07. The van der Waals surface area contributed by atoms with Gasteiger partial charge in [0.2, 0.25) is 0 Å². The van der Waals surface area contributed by atoms with Crippen molar-refractivity contribution in [3.63, 3.8) is 0 Å². The maximum atomic E-state index is 12.1. The highest BCUT2D eigenvalue weighted by atomic mass is 35.5. The van der Waals surface area contributed by atoms with Crippen LogP contribution in [0.15, 0.2) is 24.3 Å². The lowest BCUT2D eigenvalue weighted by molar-refractivity contribution is -0.172. The summed E-state index contributed by atoms with van der Waals surface area (Å²) in [5.41, 5.74) is 0.874. The first-order valence-corrected chi connectivity index (χ1v) is 6.83. The van der Waals surface area contributed by atoms with Crippen LogP contribution in [0.4, 0.5) is 23.7 Å². The van der Waals surface area contributed by atoms with Crippen LogP contribution >= 0.6 is 11.6 Å². The van der Waals surface area contributed by atoms with Gasteiger partial charge in [0.15, 0.2) is 0 Å². The second-order valence-corrected chi connectivity index (χ2v) is 5.15. The Labute approximate surface area is 129 Å². The van der Waals surface area contributed by atoms with Crippen LogP contribution in [0.5, 0.6) is 0 Å². The lowest BCUT2D eigenvalue weighted by Gasteiger charge is -2.36. The number of nitrogens with one attached hydrogen (secondary N) is 1. The highest BCUT2D eigenvalue weighted by Crippen LogP contribution is 2.21. The van der Waals surface area contributed by atoms with Gasteiger partial charge in [0.05, 0.1) is 0 Å². The number of carbonyl (C=O) groups is 2. The molecule has 1 aliphatic rings. The summed E-state index contributed by atoms with van der Waals surface area (Å²) in [6, 6.07) is 6.11. The van der Waals surface area contributed by atoms with Crippen LogP contribution < -0.4 is 10.2 Å². The van der Waals surface area contributed by atoms with Crippen molar-refractivity contribution >= 4 is 29.2 Å². The molecule has 5 nitrogen and oxygen atoms in total. The van der Waals surface area contributed by atoms with Gasteiger partial charge in [-0.1, -0.05) is 17.7 Å². The average Bonchev–Trinajstić information content (AvgIpc) is 2.46. The number of nitrogens with zero attached hydrogens (tertiary/aromatic N) is 2. The van der Waals surface area contributed by atoms with Crippen LogP contribution in [-0.4, -0.2) is 49.2 Å². The zero-order chi connectivity index (χ0) is 16.3. The Morgan fingerprint density at radius 2 is 1.77 bits per heavy atom. The lowest BCUT2D eigenvalue weighted by Crippen LogP contribution is -2.54. The normalized spacial score (nSPS) is 15.6. The number of amides is 3. The third-order valence-electron chi connectivity index (χ3n) is 3.22. The van der Waals surface area contributed by atoms with Crippen LogP contribution in [0.2, 0.25) is 5.02 Å². The first-order chi connectivity index (χ1) is 10.3. The monoisotopic (exact) mass is 335 g/mol. The highest BCUT2D eigenvalue weighted by Gasteiger charge is 2.40. The van der Waals surface area contributed by atoms with E-state index in [1.807, 2.05) is 11.0 Å². The fraction of sp³-hybridized carbons (Fsp3) is 0.385. The Hall–Kier alpha value is -1.96. The van der Waals surface area contributed by atoms with Crippen molar-refractivity contribution in [2.75, 3.05) is 31.1 Å². The van der Waals surface area contributed by atoms with Crippen molar-refractivity contribution < 1.29 is 22.8 Å². The molecule has 3 amide bonds. The molecule has 1 saturated heterocycles. The number of halogens is 4. The Morgan fingerprint density at radius 3 is 2.32 bits per heavy atom. The minimum Gasteiger partial charge on any atom is -0.368 e. The van der Waals surface area contributed by atoms with Gasteiger partial charge in [0.1, 0.15) is 0 Å². The molecule has 0 unspecified atom stereocenters. The second kappa shape index (κ2) is 6.43. The Bertz CT molecular complexity index is 572. The molecule has 0 aromatic heterocycles. The summed E-state index contributed by atoms with van der Waals surface area (Å²) < 4.78 is 36.3. The molecule has 1 fully saturated rings. The van der Waals surface area contributed by atoms with Crippen molar-refractivity contribution in [1.82, 2.24) is 10.2 Å². The van der Waals surface area contributed by atoms with Gasteiger partial charge < -0.3 is 9.80 Å². The molecule has 0 radical (unpaired) electrons. The molecule has 120 valence electrons. The highest BCUT2D eigenvalue weighted by molar-refractivity contribution is 6.30. The fourth-order valence-corrected chi connectivity index (χ4v) is 2.27. The van der Waals surface area contributed by atoms with E-state index in [0.29, 0.717) is 18.1 Å². The quantitative estimate of drug-likeness (QED) is 0.856. The molecule has 0 atom stereocenters. The minimum absolute atomic E-state index is 0.212. The molecule has 0 bridgehead atoms. The number of hydrogen-bond acceptors (Lipinski definition) is 3. The SMILES string of the molecule is O=C(NC(=O)C(F)(F)F)N1CCN(c2cccc(Cl)c2)CC1. The minimum atomic E-state index is -5.07. The van der Waals surface area contributed by atoms with Gasteiger partial charge in [-0.2, -0.15) is 13.2 Å². The largest absolute Gasteiger partial charge is 0.471 e. The molecule has 1 aliphatic heterocycles. The number of hydrogen-bond donors (Lipinski definition) is 1. The topological polar surface area (TPSA) is 52.7 Å². The zero-order valence-electron chi connectivity index (χ0n) is 11.4. The first-order valence-electron chi connectivity index (χ1n) is 6.45. The number of carbonyl (C=O) groups excluding carboxylic acids is 2. The van der Waals surface area contributed by atoms with Crippen molar-refractivity contribution in [2.45, 2.75) is 6.18 Å². The van der Waals surface area contributed by atoms with Gasteiger partial charge in [-0.3, -0.25) is 10.1 Å². The van der Waals surface area contributed by atoms with Crippen molar-refractivity contribution in [3.05, 3.63) is 29.3 Å². The standard InChI is InChI=1S/C13H13ClF3N3O2/c14-9-2-1-3-10(8-9)19-4-6-20(7-5-19)12(22)18-11(21)13(15,16)17/h1-3,8H,4-7H2,(H,18,21,22). The summed E-state index contributed by atoms with van der Waals surface area (Å²) in [7, 11) is 0. The third-order valence-corrected chi connectivity index (χ3v) is 3.45. The maximum absolute atomic E-state index is 12.1. The molecule has 1 N–H and O–H groups in total. The third kappa shape index (κ3) is 4.03.